The zero-order valence-electron chi connectivity index (χ0n) is 15.2. The van der Waals surface area contributed by atoms with Crippen molar-refractivity contribution in [1.29, 1.82) is 0 Å². The molecular formula is C19H23FN2O3S. The molecule has 0 N–H and O–H groups in total. The van der Waals surface area contributed by atoms with Crippen LogP contribution >= 0.6 is 0 Å². The molecule has 1 aliphatic heterocycles. The van der Waals surface area contributed by atoms with Gasteiger partial charge in [-0.15, -0.1) is 0 Å². The van der Waals surface area contributed by atoms with Crippen LogP contribution in [0.5, 0.6) is 5.75 Å². The average Bonchev–Trinajstić information content (AvgIpc) is 2.64. The van der Waals surface area contributed by atoms with Crippen LogP contribution in [-0.2, 0) is 10.0 Å². The molecule has 140 valence electrons. The molecule has 2 aromatic carbocycles. The normalized spacial score (nSPS) is 15.9. The molecule has 0 aliphatic carbocycles. The first-order valence-corrected chi connectivity index (χ1v) is 9.93. The molecule has 0 atom stereocenters. The SMILES string of the molecule is COc1cc(C)c(S(=O)(=O)N2CCN(c3ccc(F)cc3)CC2)cc1C. The number of halogens is 1. The molecule has 0 bridgehead atoms. The Hall–Kier alpha value is -2.12. The third kappa shape index (κ3) is 3.54. The molecule has 0 saturated carbocycles. The largest absolute Gasteiger partial charge is 0.496 e. The molecule has 0 aromatic heterocycles. The van der Waals surface area contributed by atoms with Crippen molar-refractivity contribution in [3.8, 4) is 5.75 Å². The molecule has 1 fully saturated rings. The van der Waals surface area contributed by atoms with Crippen molar-refractivity contribution in [2.45, 2.75) is 18.7 Å². The lowest BCUT2D eigenvalue weighted by molar-refractivity contribution is 0.384. The predicted molar refractivity (Wildman–Crippen MR) is 99.8 cm³/mol. The molecule has 7 heteroatoms. The van der Waals surface area contributed by atoms with Crippen molar-refractivity contribution in [1.82, 2.24) is 4.31 Å². The highest BCUT2D eigenvalue weighted by Crippen LogP contribution is 2.28. The van der Waals surface area contributed by atoms with Gasteiger partial charge in [0, 0.05) is 31.9 Å². The Balaban J connectivity index is 1.78. The van der Waals surface area contributed by atoms with Gasteiger partial charge in [-0.3, -0.25) is 0 Å². The minimum absolute atomic E-state index is 0.277. The molecule has 0 spiro atoms. The van der Waals surface area contributed by atoms with Crippen LogP contribution < -0.4 is 9.64 Å². The highest BCUT2D eigenvalue weighted by atomic mass is 32.2. The number of ether oxygens (including phenoxy) is 1. The lowest BCUT2D eigenvalue weighted by atomic mass is 10.1. The molecule has 1 heterocycles. The summed E-state index contributed by atoms with van der Waals surface area (Å²) in [6, 6.07) is 9.71. The Morgan fingerprint density at radius 1 is 0.962 bits per heavy atom. The second-order valence-electron chi connectivity index (χ2n) is 6.45. The first kappa shape index (κ1) is 18.7. The number of sulfonamides is 1. The number of piperazine rings is 1. The van der Waals surface area contributed by atoms with E-state index in [1.54, 1.807) is 38.3 Å². The van der Waals surface area contributed by atoms with Gasteiger partial charge < -0.3 is 9.64 Å². The molecule has 5 nitrogen and oxygen atoms in total. The first-order chi connectivity index (χ1) is 12.3. The van der Waals surface area contributed by atoms with E-state index in [4.69, 9.17) is 4.74 Å². The summed E-state index contributed by atoms with van der Waals surface area (Å²) in [4.78, 5) is 2.39. The van der Waals surface area contributed by atoms with Crippen molar-refractivity contribution in [2.75, 3.05) is 38.2 Å². The summed E-state index contributed by atoms with van der Waals surface area (Å²) in [5, 5.41) is 0. The molecule has 3 rings (SSSR count). The van der Waals surface area contributed by atoms with Crippen LogP contribution in [0, 0.1) is 19.7 Å². The van der Waals surface area contributed by atoms with E-state index in [1.165, 1.54) is 16.4 Å². The van der Waals surface area contributed by atoms with Gasteiger partial charge in [-0.25, -0.2) is 12.8 Å². The van der Waals surface area contributed by atoms with Crippen molar-refractivity contribution < 1.29 is 17.5 Å². The standard InChI is InChI=1S/C19H23FN2O3S/c1-14-13-19(15(2)12-18(14)25-3)26(23,24)22-10-8-21(9-11-22)17-6-4-16(20)5-7-17/h4-7,12-13H,8-11H2,1-3H3. The van der Waals surface area contributed by atoms with Gasteiger partial charge in [0.15, 0.2) is 0 Å². The Morgan fingerprint density at radius 3 is 2.15 bits per heavy atom. The fraction of sp³-hybridized carbons (Fsp3) is 0.368. The third-order valence-corrected chi connectivity index (χ3v) is 6.78. The molecular weight excluding hydrogens is 355 g/mol. The monoisotopic (exact) mass is 378 g/mol. The van der Waals surface area contributed by atoms with Crippen LogP contribution in [0.25, 0.3) is 0 Å². The lowest BCUT2D eigenvalue weighted by Gasteiger charge is -2.35. The van der Waals surface area contributed by atoms with E-state index >= 15 is 0 Å². The molecule has 0 unspecified atom stereocenters. The summed E-state index contributed by atoms with van der Waals surface area (Å²) in [6.07, 6.45) is 0. The zero-order valence-corrected chi connectivity index (χ0v) is 16.0. The highest BCUT2D eigenvalue weighted by molar-refractivity contribution is 7.89. The van der Waals surface area contributed by atoms with Crippen LogP contribution in [0.4, 0.5) is 10.1 Å². The Morgan fingerprint density at radius 2 is 1.58 bits per heavy atom. The van der Waals surface area contributed by atoms with Crippen molar-refractivity contribution >= 4 is 15.7 Å². The van der Waals surface area contributed by atoms with E-state index in [0.29, 0.717) is 42.4 Å². The molecule has 1 aliphatic rings. The smallest absolute Gasteiger partial charge is 0.243 e. The van der Waals surface area contributed by atoms with E-state index in [0.717, 1.165) is 11.3 Å². The van der Waals surface area contributed by atoms with Gasteiger partial charge >= 0.3 is 0 Å². The topological polar surface area (TPSA) is 49.9 Å². The second-order valence-corrected chi connectivity index (χ2v) is 8.36. The van der Waals surface area contributed by atoms with Gasteiger partial charge in [0.05, 0.1) is 12.0 Å². The zero-order chi connectivity index (χ0) is 18.9. The predicted octanol–water partition coefficient (Wildman–Crippen LogP) is 2.96. The number of rotatable bonds is 4. The van der Waals surface area contributed by atoms with Crippen LogP contribution in [0.3, 0.4) is 0 Å². The second kappa shape index (κ2) is 7.25. The molecule has 0 radical (unpaired) electrons. The maximum Gasteiger partial charge on any atom is 0.243 e. The van der Waals surface area contributed by atoms with E-state index in [9.17, 15) is 12.8 Å². The van der Waals surface area contributed by atoms with Gasteiger partial charge in [-0.1, -0.05) is 0 Å². The summed E-state index contributed by atoms with van der Waals surface area (Å²) in [6.45, 7) is 5.54. The maximum absolute atomic E-state index is 13.1. The van der Waals surface area contributed by atoms with Crippen molar-refractivity contribution in [2.24, 2.45) is 0 Å². The Labute approximate surface area is 154 Å². The van der Waals surface area contributed by atoms with Crippen molar-refractivity contribution in [3.05, 3.63) is 53.3 Å². The van der Waals surface area contributed by atoms with Gasteiger partial charge in [-0.2, -0.15) is 4.31 Å². The first-order valence-electron chi connectivity index (χ1n) is 8.49. The number of nitrogens with zero attached hydrogens (tertiary/aromatic N) is 2. The fourth-order valence-corrected chi connectivity index (χ4v) is 4.95. The summed E-state index contributed by atoms with van der Waals surface area (Å²) in [5.74, 6) is 0.405. The lowest BCUT2D eigenvalue weighted by Crippen LogP contribution is -2.48. The number of benzene rings is 2. The summed E-state index contributed by atoms with van der Waals surface area (Å²) < 4.78 is 46.0. The minimum Gasteiger partial charge on any atom is -0.496 e. The van der Waals surface area contributed by atoms with Gasteiger partial charge in [0.1, 0.15) is 11.6 Å². The molecule has 2 aromatic rings. The van der Waals surface area contributed by atoms with Crippen LogP contribution in [-0.4, -0.2) is 46.0 Å². The molecule has 26 heavy (non-hydrogen) atoms. The van der Waals surface area contributed by atoms with Crippen LogP contribution in [0.1, 0.15) is 11.1 Å². The number of hydrogen-bond donors (Lipinski definition) is 0. The average molecular weight is 378 g/mol. The van der Waals surface area contributed by atoms with Gasteiger partial charge in [0.2, 0.25) is 10.0 Å². The summed E-state index contributed by atoms with van der Waals surface area (Å²) >= 11 is 0. The third-order valence-electron chi connectivity index (χ3n) is 4.74. The number of aryl methyl sites for hydroxylation is 2. The number of methoxy groups -OCH3 is 1. The minimum atomic E-state index is -3.56. The van der Waals surface area contributed by atoms with E-state index in [2.05, 4.69) is 4.90 Å². The van der Waals surface area contributed by atoms with E-state index in [1.807, 2.05) is 6.92 Å². The van der Waals surface area contributed by atoms with Gasteiger partial charge in [0.25, 0.3) is 0 Å². The fourth-order valence-electron chi connectivity index (χ4n) is 3.24. The quantitative estimate of drug-likeness (QED) is 0.821. The van der Waals surface area contributed by atoms with Crippen LogP contribution in [0.2, 0.25) is 0 Å². The number of anilines is 1. The summed E-state index contributed by atoms with van der Waals surface area (Å²) in [5.41, 5.74) is 2.37. The maximum atomic E-state index is 13.1. The van der Waals surface area contributed by atoms with Crippen LogP contribution in [0.15, 0.2) is 41.3 Å². The Bertz CT molecular complexity index is 890. The molecule has 1 saturated heterocycles. The number of hydrogen-bond acceptors (Lipinski definition) is 4. The Kier molecular flexibility index (Phi) is 5.20. The molecule has 0 amide bonds. The van der Waals surface area contributed by atoms with E-state index in [-0.39, 0.29) is 5.82 Å². The van der Waals surface area contributed by atoms with Gasteiger partial charge in [-0.05, 0) is 61.4 Å². The summed E-state index contributed by atoms with van der Waals surface area (Å²) in [7, 11) is -1.99. The highest BCUT2D eigenvalue weighted by Gasteiger charge is 2.30. The van der Waals surface area contributed by atoms with Crippen molar-refractivity contribution in [3.63, 3.8) is 0 Å². The van der Waals surface area contributed by atoms with E-state index < -0.39 is 10.0 Å².